The minimum Gasteiger partial charge on any atom is -0.480 e. The highest BCUT2D eigenvalue weighted by atomic mass is 16.4. The van der Waals surface area contributed by atoms with Gasteiger partial charge in [-0.05, 0) is 6.92 Å². The Morgan fingerprint density at radius 1 is 1.23 bits per heavy atom. The second-order valence-corrected chi connectivity index (χ2v) is 5.47. The molecule has 8 N–H and O–H groups in total. The standard InChI is InChI=1S/C14H22N6O6/c1-7(12(24)17-4-11(22)23)19-14(26)10(5-21)20-13(25)9(15)2-8-3-16-6-18-8/h3,6-7,9-10,21H,2,4-5,15H2,1H3,(H,16,18)(H,17,24)(H,19,26)(H,20,25)(H,22,23). The Kier molecular flexibility index (Phi) is 8.18. The number of aliphatic carboxylic acids is 1. The van der Waals surface area contributed by atoms with Gasteiger partial charge in [-0.1, -0.05) is 0 Å². The lowest BCUT2D eigenvalue weighted by molar-refractivity contribution is -0.138. The molecular formula is C14H22N6O6. The van der Waals surface area contributed by atoms with Gasteiger partial charge in [0, 0.05) is 18.3 Å². The Morgan fingerprint density at radius 2 is 1.92 bits per heavy atom. The van der Waals surface area contributed by atoms with E-state index in [1.54, 1.807) is 0 Å². The van der Waals surface area contributed by atoms with E-state index >= 15 is 0 Å². The minimum absolute atomic E-state index is 0.152. The van der Waals surface area contributed by atoms with Crippen LogP contribution < -0.4 is 21.7 Å². The van der Waals surface area contributed by atoms with E-state index in [2.05, 4.69) is 25.9 Å². The van der Waals surface area contributed by atoms with Crippen LogP contribution in [0.25, 0.3) is 0 Å². The second-order valence-electron chi connectivity index (χ2n) is 5.47. The molecule has 0 aliphatic heterocycles. The van der Waals surface area contributed by atoms with Crippen molar-refractivity contribution < 1.29 is 29.4 Å². The highest BCUT2D eigenvalue weighted by Crippen LogP contribution is 1.97. The summed E-state index contributed by atoms with van der Waals surface area (Å²) in [7, 11) is 0. The van der Waals surface area contributed by atoms with Crippen molar-refractivity contribution in [2.45, 2.75) is 31.5 Å². The van der Waals surface area contributed by atoms with Crippen LogP contribution in [0.3, 0.4) is 0 Å². The fourth-order valence-corrected chi connectivity index (χ4v) is 1.89. The zero-order chi connectivity index (χ0) is 19.7. The van der Waals surface area contributed by atoms with Crippen LogP contribution in [0.5, 0.6) is 0 Å². The predicted molar refractivity (Wildman–Crippen MR) is 87.5 cm³/mol. The third-order valence-corrected chi connectivity index (χ3v) is 3.31. The van der Waals surface area contributed by atoms with Crippen molar-refractivity contribution in [1.29, 1.82) is 0 Å². The number of carbonyl (C=O) groups excluding carboxylic acids is 3. The van der Waals surface area contributed by atoms with Gasteiger partial charge in [-0.2, -0.15) is 0 Å². The van der Waals surface area contributed by atoms with Gasteiger partial charge in [-0.25, -0.2) is 4.98 Å². The molecule has 0 saturated heterocycles. The number of aromatic nitrogens is 2. The van der Waals surface area contributed by atoms with E-state index in [1.165, 1.54) is 19.4 Å². The van der Waals surface area contributed by atoms with Gasteiger partial charge in [0.05, 0.1) is 19.0 Å². The summed E-state index contributed by atoms with van der Waals surface area (Å²) in [5.41, 5.74) is 6.36. The second kappa shape index (κ2) is 10.1. The summed E-state index contributed by atoms with van der Waals surface area (Å²) >= 11 is 0. The van der Waals surface area contributed by atoms with Gasteiger partial charge in [-0.15, -0.1) is 0 Å². The molecule has 3 atom stereocenters. The average molecular weight is 370 g/mol. The summed E-state index contributed by atoms with van der Waals surface area (Å²) < 4.78 is 0. The fourth-order valence-electron chi connectivity index (χ4n) is 1.89. The Bertz CT molecular complexity index is 634. The molecule has 1 aromatic rings. The molecule has 0 aliphatic rings. The summed E-state index contributed by atoms with van der Waals surface area (Å²) in [6.07, 6.45) is 3.08. The number of imidazole rings is 1. The van der Waals surface area contributed by atoms with Crippen LogP contribution in [-0.4, -0.2) is 75.1 Å². The third-order valence-electron chi connectivity index (χ3n) is 3.31. The maximum atomic E-state index is 12.1. The number of H-pyrrole nitrogens is 1. The van der Waals surface area contributed by atoms with Crippen LogP contribution in [0.15, 0.2) is 12.5 Å². The van der Waals surface area contributed by atoms with Crippen LogP contribution >= 0.6 is 0 Å². The van der Waals surface area contributed by atoms with Crippen molar-refractivity contribution in [3.63, 3.8) is 0 Å². The molecule has 0 saturated carbocycles. The molecule has 1 heterocycles. The summed E-state index contributed by atoms with van der Waals surface area (Å²) in [6.45, 7) is 0.0226. The van der Waals surface area contributed by atoms with E-state index in [0.29, 0.717) is 5.69 Å². The zero-order valence-corrected chi connectivity index (χ0v) is 14.1. The smallest absolute Gasteiger partial charge is 0.322 e. The summed E-state index contributed by atoms with van der Waals surface area (Å²) in [4.78, 5) is 52.7. The fraction of sp³-hybridized carbons (Fsp3) is 0.500. The first-order chi connectivity index (χ1) is 12.2. The lowest BCUT2D eigenvalue weighted by Crippen LogP contribution is -2.56. The van der Waals surface area contributed by atoms with Crippen molar-refractivity contribution in [2.75, 3.05) is 13.2 Å². The molecule has 3 unspecified atom stereocenters. The van der Waals surface area contributed by atoms with Gasteiger partial charge in [0.1, 0.15) is 18.6 Å². The molecule has 26 heavy (non-hydrogen) atoms. The number of aliphatic hydroxyl groups is 1. The number of rotatable bonds is 10. The number of carboxylic acids is 1. The topological polar surface area (TPSA) is 200 Å². The number of nitrogens with one attached hydrogen (secondary N) is 4. The molecule has 0 aliphatic carbocycles. The first-order valence-electron chi connectivity index (χ1n) is 7.68. The maximum Gasteiger partial charge on any atom is 0.322 e. The zero-order valence-electron chi connectivity index (χ0n) is 14.1. The molecule has 3 amide bonds. The Hall–Kier alpha value is -2.99. The third kappa shape index (κ3) is 6.86. The first-order valence-corrected chi connectivity index (χ1v) is 7.68. The van der Waals surface area contributed by atoms with Crippen molar-refractivity contribution in [3.05, 3.63) is 18.2 Å². The van der Waals surface area contributed by atoms with Gasteiger partial charge in [0.2, 0.25) is 17.7 Å². The molecule has 0 spiro atoms. The molecule has 0 aromatic carbocycles. The van der Waals surface area contributed by atoms with Crippen molar-refractivity contribution in [3.8, 4) is 0 Å². The largest absolute Gasteiger partial charge is 0.480 e. The van der Waals surface area contributed by atoms with Gasteiger partial charge >= 0.3 is 5.97 Å². The van der Waals surface area contributed by atoms with E-state index < -0.39 is 55.0 Å². The average Bonchev–Trinajstić information content (AvgIpc) is 3.09. The number of amides is 3. The van der Waals surface area contributed by atoms with Gasteiger partial charge in [-0.3, -0.25) is 19.2 Å². The van der Waals surface area contributed by atoms with E-state index in [4.69, 9.17) is 10.8 Å². The molecule has 144 valence electrons. The Morgan fingerprint density at radius 3 is 2.46 bits per heavy atom. The van der Waals surface area contributed by atoms with Gasteiger partial charge in [0.25, 0.3) is 0 Å². The first kappa shape index (κ1) is 21.1. The maximum absolute atomic E-state index is 12.1. The van der Waals surface area contributed by atoms with Crippen LogP contribution in [0.2, 0.25) is 0 Å². The number of aromatic amines is 1. The molecule has 1 rings (SSSR count). The highest BCUT2D eigenvalue weighted by molar-refractivity contribution is 5.93. The number of carboxylic acid groups (broad SMARTS) is 1. The summed E-state index contributed by atoms with van der Waals surface area (Å²) in [6, 6.07) is -3.36. The number of nitrogens with two attached hydrogens (primary N) is 1. The number of aliphatic hydroxyl groups excluding tert-OH is 1. The lowest BCUT2D eigenvalue weighted by atomic mass is 10.1. The molecule has 12 nitrogen and oxygen atoms in total. The molecule has 1 aromatic heterocycles. The van der Waals surface area contributed by atoms with E-state index in [-0.39, 0.29) is 6.42 Å². The number of hydrogen-bond donors (Lipinski definition) is 7. The van der Waals surface area contributed by atoms with E-state index in [9.17, 15) is 24.3 Å². The van der Waals surface area contributed by atoms with Gasteiger partial charge < -0.3 is 36.9 Å². The number of nitrogens with zero attached hydrogens (tertiary/aromatic N) is 1. The molecule has 0 radical (unpaired) electrons. The van der Waals surface area contributed by atoms with Crippen molar-refractivity contribution in [1.82, 2.24) is 25.9 Å². The number of carbonyl (C=O) groups is 4. The SMILES string of the molecule is CC(NC(=O)C(CO)NC(=O)C(N)Cc1cnc[nH]1)C(=O)NCC(=O)O. The number of hydrogen-bond acceptors (Lipinski definition) is 7. The Labute approximate surface area is 148 Å². The van der Waals surface area contributed by atoms with Gasteiger partial charge in [0.15, 0.2) is 0 Å². The van der Waals surface area contributed by atoms with Crippen LogP contribution in [0, 0.1) is 0 Å². The molecular weight excluding hydrogens is 348 g/mol. The summed E-state index contributed by atoms with van der Waals surface area (Å²) in [5.74, 6) is -3.44. The predicted octanol–water partition coefficient (Wildman–Crippen LogP) is -3.54. The van der Waals surface area contributed by atoms with Crippen LogP contribution in [0.1, 0.15) is 12.6 Å². The van der Waals surface area contributed by atoms with E-state index in [0.717, 1.165) is 0 Å². The van der Waals surface area contributed by atoms with Crippen LogP contribution in [0.4, 0.5) is 0 Å². The quantitative estimate of drug-likeness (QED) is 0.219. The minimum atomic E-state index is -1.31. The Balaban J connectivity index is 2.52. The van der Waals surface area contributed by atoms with Crippen LogP contribution in [-0.2, 0) is 25.6 Å². The monoisotopic (exact) mass is 370 g/mol. The highest BCUT2D eigenvalue weighted by Gasteiger charge is 2.26. The molecule has 0 bridgehead atoms. The molecule has 0 fully saturated rings. The molecule has 12 heteroatoms. The lowest BCUT2D eigenvalue weighted by Gasteiger charge is -2.21. The van der Waals surface area contributed by atoms with Crippen molar-refractivity contribution in [2.24, 2.45) is 5.73 Å². The normalized spacial score (nSPS) is 14.0. The van der Waals surface area contributed by atoms with Crippen molar-refractivity contribution >= 4 is 23.7 Å². The summed E-state index contributed by atoms with van der Waals surface area (Å²) in [5, 5.41) is 24.4. The van der Waals surface area contributed by atoms with E-state index in [1.807, 2.05) is 0 Å².